The Labute approximate surface area is 128 Å². The smallest absolute Gasteiger partial charge is 0.213 e. The molecule has 0 aliphatic heterocycles. The van der Waals surface area contributed by atoms with E-state index in [0.29, 0.717) is 5.02 Å². The monoisotopic (exact) mass is 299 g/mol. The van der Waals surface area contributed by atoms with Gasteiger partial charge in [-0.05, 0) is 24.3 Å². The van der Waals surface area contributed by atoms with Crippen molar-refractivity contribution in [3.63, 3.8) is 0 Å². The number of hydrogen-bond acceptors (Lipinski definition) is 2. The minimum atomic E-state index is 0.711. The van der Waals surface area contributed by atoms with Gasteiger partial charge in [-0.25, -0.2) is 4.98 Å². The number of methoxy groups -OCH3 is 1. The van der Waals surface area contributed by atoms with Crippen LogP contribution >= 0.6 is 11.6 Å². The lowest BCUT2D eigenvalue weighted by molar-refractivity contribution is -0.354. The lowest BCUT2D eigenvalue weighted by atomic mass is 10.1. The molecule has 0 atom stereocenters. The predicted molar refractivity (Wildman–Crippen MR) is 86.5 cm³/mol. The number of hydrogen-bond donors (Lipinski definition) is 1. The molecular formula is C17H16ClN2O+. The number of nitrogens with one attached hydrogen (secondary N) is 2. The van der Waals surface area contributed by atoms with Crippen LogP contribution in [0.1, 0.15) is 5.69 Å². The van der Waals surface area contributed by atoms with E-state index in [1.54, 1.807) is 7.11 Å². The van der Waals surface area contributed by atoms with Crippen LogP contribution in [0.2, 0.25) is 5.02 Å². The van der Waals surface area contributed by atoms with E-state index < -0.39 is 0 Å². The van der Waals surface area contributed by atoms with Crippen molar-refractivity contribution < 1.29 is 9.72 Å². The van der Waals surface area contributed by atoms with Crippen molar-refractivity contribution in [1.29, 1.82) is 0 Å². The van der Waals surface area contributed by atoms with Gasteiger partial charge in [0.15, 0.2) is 5.69 Å². The Morgan fingerprint density at radius 2 is 1.86 bits per heavy atom. The third-order valence-electron chi connectivity index (χ3n) is 3.34. The quantitative estimate of drug-likeness (QED) is 0.779. The zero-order chi connectivity index (χ0) is 14.8. The number of halogens is 1. The van der Waals surface area contributed by atoms with E-state index in [0.717, 1.165) is 33.7 Å². The minimum absolute atomic E-state index is 0.711. The number of benzene rings is 2. The molecule has 3 aromatic rings. The summed E-state index contributed by atoms with van der Waals surface area (Å²) in [6, 6.07) is 15.7. The highest BCUT2D eigenvalue weighted by Crippen LogP contribution is 2.31. The van der Waals surface area contributed by atoms with Crippen molar-refractivity contribution >= 4 is 33.9 Å². The van der Waals surface area contributed by atoms with Crippen molar-refractivity contribution in [2.45, 2.75) is 6.92 Å². The largest absolute Gasteiger partial charge is 0.495 e. The van der Waals surface area contributed by atoms with Crippen LogP contribution in [0.5, 0.6) is 5.75 Å². The maximum absolute atomic E-state index is 6.13. The summed E-state index contributed by atoms with van der Waals surface area (Å²) in [5.41, 5.74) is 4.03. The van der Waals surface area contributed by atoms with Gasteiger partial charge in [0, 0.05) is 24.1 Å². The Hall–Kier alpha value is -2.26. The lowest BCUT2D eigenvalue weighted by Gasteiger charge is -2.12. The maximum atomic E-state index is 6.13. The van der Waals surface area contributed by atoms with E-state index in [1.807, 2.05) is 49.4 Å². The van der Waals surface area contributed by atoms with E-state index in [9.17, 15) is 0 Å². The number of aryl methyl sites for hydroxylation is 1. The Bertz CT molecular complexity index is 802. The summed E-state index contributed by atoms with van der Waals surface area (Å²) in [5.74, 6) is 0.804. The van der Waals surface area contributed by atoms with Gasteiger partial charge in [-0.15, -0.1) is 0 Å². The summed E-state index contributed by atoms with van der Waals surface area (Å²) in [7, 11) is 1.67. The Morgan fingerprint density at radius 3 is 2.67 bits per heavy atom. The molecule has 0 bridgehead atoms. The third kappa shape index (κ3) is 2.78. The molecular weight excluding hydrogens is 284 g/mol. The Balaban J connectivity index is 2.13. The zero-order valence-electron chi connectivity index (χ0n) is 11.9. The summed E-state index contributed by atoms with van der Waals surface area (Å²) in [5, 5.41) is 5.18. The topological polar surface area (TPSA) is 35.4 Å². The lowest BCUT2D eigenvalue weighted by Crippen LogP contribution is -2.10. The van der Waals surface area contributed by atoms with Gasteiger partial charge in [0.1, 0.15) is 5.75 Å². The van der Waals surface area contributed by atoms with Gasteiger partial charge in [0.25, 0.3) is 0 Å². The average molecular weight is 300 g/mol. The van der Waals surface area contributed by atoms with Crippen molar-refractivity contribution in [2.75, 3.05) is 12.4 Å². The van der Waals surface area contributed by atoms with E-state index in [-0.39, 0.29) is 0 Å². The molecule has 1 heterocycles. The second-order valence-electron chi connectivity index (χ2n) is 4.88. The van der Waals surface area contributed by atoms with Gasteiger partial charge in [-0.2, -0.15) is 0 Å². The van der Waals surface area contributed by atoms with E-state index in [2.05, 4.69) is 16.4 Å². The normalized spacial score (nSPS) is 10.6. The molecule has 0 saturated heterocycles. The number of aromatic amines is 1. The number of aromatic nitrogens is 1. The molecule has 0 unspecified atom stereocenters. The Morgan fingerprint density at radius 1 is 1.05 bits per heavy atom. The minimum Gasteiger partial charge on any atom is -0.495 e. The van der Waals surface area contributed by atoms with E-state index in [1.165, 1.54) is 0 Å². The van der Waals surface area contributed by atoms with Crippen molar-refractivity contribution in [1.82, 2.24) is 0 Å². The van der Waals surface area contributed by atoms with Gasteiger partial charge in [-0.3, -0.25) is 0 Å². The van der Waals surface area contributed by atoms with Crippen LogP contribution in [-0.4, -0.2) is 7.11 Å². The van der Waals surface area contributed by atoms with Crippen LogP contribution in [-0.2, 0) is 0 Å². The van der Waals surface area contributed by atoms with Crippen molar-refractivity contribution in [3.05, 3.63) is 59.2 Å². The van der Waals surface area contributed by atoms with Crippen LogP contribution in [0.25, 0.3) is 10.9 Å². The maximum Gasteiger partial charge on any atom is 0.213 e. The number of H-pyrrole nitrogens is 1. The van der Waals surface area contributed by atoms with Crippen molar-refractivity contribution in [3.8, 4) is 5.75 Å². The first-order valence-electron chi connectivity index (χ1n) is 6.69. The molecule has 0 aliphatic carbocycles. The molecule has 0 spiro atoms. The first-order chi connectivity index (χ1) is 10.2. The van der Waals surface area contributed by atoms with Gasteiger partial charge in [0.05, 0.1) is 23.9 Å². The van der Waals surface area contributed by atoms with Crippen LogP contribution in [0.15, 0.2) is 48.5 Å². The average Bonchev–Trinajstić information content (AvgIpc) is 2.48. The number of ether oxygens (including phenoxy) is 1. The highest BCUT2D eigenvalue weighted by atomic mass is 35.5. The summed E-state index contributed by atoms with van der Waals surface area (Å²) < 4.78 is 5.39. The number of para-hydroxylation sites is 2. The highest BCUT2D eigenvalue weighted by molar-refractivity contribution is 6.31. The Kier molecular flexibility index (Phi) is 3.67. The fourth-order valence-corrected chi connectivity index (χ4v) is 2.56. The fourth-order valence-electron chi connectivity index (χ4n) is 2.39. The molecule has 0 fully saturated rings. The summed E-state index contributed by atoms with van der Waals surface area (Å²) >= 11 is 6.13. The molecule has 1 aromatic heterocycles. The first kappa shape index (κ1) is 13.7. The summed E-state index contributed by atoms with van der Waals surface area (Å²) in [6.45, 7) is 2.03. The fraction of sp³-hybridized carbons (Fsp3) is 0.118. The second kappa shape index (κ2) is 5.62. The van der Waals surface area contributed by atoms with Gasteiger partial charge in [-0.1, -0.05) is 23.7 Å². The highest BCUT2D eigenvalue weighted by Gasteiger charge is 2.11. The summed E-state index contributed by atoms with van der Waals surface area (Å²) in [6.07, 6.45) is 0. The van der Waals surface area contributed by atoms with E-state index >= 15 is 0 Å². The second-order valence-corrected chi connectivity index (χ2v) is 5.32. The van der Waals surface area contributed by atoms with Crippen LogP contribution in [0.3, 0.4) is 0 Å². The van der Waals surface area contributed by atoms with Gasteiger partial charge < -0.3 is 10.1 Å². The molecule has 0 radical (unpaired) electrons. The molecule has 0 amide bonds. The number of pyridine rings is 1. The van der Waals surface area contributed by atoms with Gasteiger partial charge >= 0.3 is 0 Å². The van der Waals surface area contributed by atoms with E-state index in [4.69, 9.17) is 16.3 Å². The van der Waals surface area contributed by atoms with Gasteiger partial charge in [0.2, 0.25) is 5.52 Å². The molecule has 21 heavy (non-hydrogen) atoms. The molecule has 2 N–H and O–H groups in total. The SMILES string of the molecule is COc1ccccc1Nc1cc(C)[nH+]c2ccc(Cl)cc12. The molecule has 2 aromatic carbocycles. The molecule has 3 nitrogen and oxygen atoms in total. The molecule has 106 valence electrons. The summed E-state index contributed by atoms with van der Waals surface area (Å²) in [4.78, 5) is 3.34. The molecule has 0 aliphatic rings. The number of fused-ring (bicyclic) bond motifs is 1. The number of rotatable bonds is 3. The van der Waals surface area contributed by atoms with Crippen LogP contribution < -0.4 is 15.0 Å². The third-order valence-corrected chi connectivity index (χ3v) is 3.58. The standard InChI is InChI=1S/C17H15ClN2O/c1-11-9-16(13-10-12(18)7-8-14(13)19-11)20-15-5-3-4-6-17(15)21-2/h3-10H,1-2H3,(H,19,20)/p+1. The van der Waals surface area contributed by atoms with Crippen molar-refractivity contribution in [2.24, 2.45) is 0 Å². The van der Waals surface area contributed by atoms with Crippen LogP contribution in [0, 0.1) is 6.92 Å². The predicted octanol–water partition coefficient (Wildman–Crippen LogP) is 4.37. The zero-order valence-corrected chi connectivity index (χ0v) is 12.7. The number of anilines is 2. The molecule has 3 rings (SSSR count). The molecule has 4 heteroatoms. The molecule has 0 saturated carbocycles. The first-order valence-corrected chi connectivity index (χ1v) is 7.07. The van der Waals surface area contributed by atoms with Crippen LogP contribution in [0.4, 0.5) is 11.4 Å².